The third-order valence-corrected chi connectivity index (χ3v) is 4.02. The standard InChI is InChI=1S/C18H22N4O4/c1-23-14-2-4-15(5-3-14)25-13-17-21-16(12-19)18(26-17)20-6-7-22-8-10-24-11-9-22/h2-5,20H,6-11,13H2,1H3. The number of anilines is 1. The highest BCUT2D eigenvalue weighted by Crippen LogP contribution is 2.20. The quantitative estimate of drug-likeness (QED) is 0.765. The summed E-state index contributed by atoms with van der Waals surface area (Å²) in [5.74, 6) is 2.16. The molecule has 1 aliphatic rings. The molecular formula is C18H22N4O4. The van der Waals surface area contributed by atoms with Gasteiger partial charge in [-0.25, -0.2) is 0 Å². The van der Waals surface area contributed by atoms with E-state index in [1.807, 2.05) is 18.2 Å². The molecule has 1 fully saturated rings. The molecule has 0 amide bonds. The Labute approximate surface area is 152 Å². The maximum absolute atomic E-state index is 9.23. The second-order valence-electron chi connectivity index (χ2n) is 5.74. The molecule has 0 unspecified atom stereocenters. The van der Waals surface area contributed by atoms with Crippen LogP contribution < -0.4 is 14.8 Å². The highest BCUT2D eigenvalue weighted by Gasteiger charge is 2.15. The van der Waals surface area contributed by atoms with Crippen molar-refractivity contribution in [3.63, 3.8) is 0 Å². The maximum Gasteiger partial charge on any atom is 0.236 e. The van der Waals surface area contributed by atoms with Gasteiger partial charge in [0.15, 0.2) is 6.61 Å². The number of hydrogen-bond donors (Lipinski definition) is 1. The summed E-state index contributed by atoms with van der Waals surface area (Å²) in [4.78, 5) is 6.47. The predicted octanol–water partition coefficient (Wildman–Crippen LogP) is 1.88. The van der Waals surface area contributed by atoms with Crippen LogP contribution in [0.15, 0.2) is 28.7 Å². The van der Waals surface area contributed by atoms with Gasteiger partial charge in [-0.05, 0) is 24.3 Å². The van der Waals surface area contributed by atoms with Gasteiger partial charge in [0.2, 0.25) is 17.5 Å². The molecule has 0 atom stereocenters. The van der Waals surface area contributed by atoms with E-state index in [2.05, 4.69) is 15.2 Å². The van der Waals surface area contributed by atoms with Crippen LogP contribution in [-0.2, 0) is 11.3 Å². The largest absolute Gasteiger partial charge is 0.497 e. The SMILES string of the molecule is COc1ccc(OCc2nc(C#N)c(NCCN3CCOCC3)o2)cc1. The number of ether oxygens (including phenoxy) is 3. The number of methoxy groups -OCH3 is 1. The average molecular weight is 358 g/mol. The van der Waals surface area contributed by atoms with Gasteiger partial charge in [-0.15, -0.1) is 0 Å². The summed E-state index contributed by atoms with van der Waals surface area (Å²) in [5.41, 5.74) is 0.236. The van der Waals surface area contributed by atoms with Crippen molar-refractivity contribution < 1.29 is 18.6 Å². The van der Waals surface area contributed by atoms with Gasteiger partial charge >= 0.3 is 0 Å². The Bertz CT molecular complexity index is 733. The first-order chi connectivity index (χ1) is 12.8. The lowest BCUT2D eigenvalue weighted by molar-refractivity contribution is 0.0398. The minimum absolute atomic E-state index is 0.145. The third-order valence-electron chi connectivity index (χ3n) is 4.02. The normalized spacial score (nSPS) is 14.6. The van der Waals surface area contributed by atoms with Crippen molar-refractivity contribution in [3.8, 4) is 17.6 Å². The summed E-state index contributed by atoms with van der Waals surface area (Å²) in [6, 6.07) is 9.26. The van der Waals surface area contributed by atoms with Gasteiger partial charge in [0.1, 0.15) is 17.6 Å². The molecule has 1 aliphatic heterocycles. The summed E-state index contributed by atoms with van der Waals surface area (Å²) in [5, 5.41) is 12.4. The van der Waals surface area contributed by atoms with Gasteiger partial charge in [-0.3, -0.25) is 4.90 Å². The average Bonchev–Trinajstić information content (AvgIpc) is 3.10. The zero-order chi connectivity index (χ0) is 18.2. The minimum Gasteiger partial charge on any atom is -0.497 e. The zero-order valence-corrected chi connectivity index (χ0v) is 14.7. The van der Waals surface area contributed by atoms with Crippen molar-refractivity contribution in [2.75, 3.05) is 51.8 Å². The number of rotatable bonds is 8. The van der Waals surface area contributed by atoms with Gasteiger partial charge in [0.25, 0.3) is 0 Å². The Morgan fingerprint density at radius 3 is 2.65 bits per heavy atom. The molecule has 0 aliphatic carbocycles. The van der Waals surface area contributed by atoms with Gasteiger partial charge in [0.05, 0.1) is 20.3 Å². The minimum atomic E-state index is 0.145. The molecule has 8 nitrogen and oxygen atoms in total. The van der Waals surface area contributed by atoms with E-state index in [0.717, 1.165) is 38.6 Å². The van der Waals surface area contributed by atoms with Crippen molar-refractivity contribution >= 4 is 5.88 Å². The van der Waals surface area contributed by atoms with Crippen LogP contribution in [0.3, 0.4) is 0 Å². The Balaban J connectivity index is 1.51. The van der Waals surface area contributed by atoms with Gasteiger partial charge in [-0.1, -0.05) is 0 Å². The van der Waals surface area contributed by atoms with E-state index in [9.17, 15) is 5.26 Å². The Morgan fingerprint density at radius 1 is 1.23 bits per heavy atom. The molecule has 0 radical (unpaired) electrons. The van der Waals surface area contributed by atoms with E-state index in [1.54, 1.807) is 19.2 Å². The van der Waals surface area contributed by atoms with Crippen LogP contribution in [0.4, 0.5) is 5.88 Å². The molecule has 0 saturated carbocycles. The lowest BCUT2D eigenvalue weighted by atomic mass is 10.3. The number of morpholine rings is 1. The van der Waals surface area contributed by atoms with Crippen molar-refractivity contribution in [1.29, 1.82) is 5.26 Å². The molecule has 2 heterocycles. The number of benzene rings is 1. The summed E-state index contributed by atoms with van der Waals surface area (Å²) in [6.07, 6.45) is 0. The van der Waals surface area contributed by atoms with Crippen LogP contribution in [0.2, 0.25) is 0 Å². The molecule has 138 valence electrons. The molecule has 1 aromatic carbocycles. The summed E-state index contributed by atoms with van der Waals surface area (Å²) >= 11 is 0. The molecular weight excluding hydrogens is 336 g/mol. The van der Waals surface area contributed by atoms with Crippen LogP contribution >= 0.6 is 0 Å². The molecule has 1 N–H and O–H groups in total. The number of hydrogen-bond acceptors (Lipinski definition) is 8. The number of nitrogens with one attached hydrogen (secondary N) is 1. The first-order valence-corrected chi connectivity index (χ1v) is 8.49. The number of nitriles is 1. The summed E-state index contributed by atoms with van der Waals surface area (Å²) in [6.45, 7) is 5.03. The van der Waals surface area contributed by atoms with Crippen LogP contribution in [0.25, 0.3) is 0 Å². The van der Waals surface area contributed by atoms with Crippen molar-refractivity contribution in [3.05, 3.63) is 35.9 Å². The molecule has 1 saturated heterocycles. The fourth-order valence-corrected chi connectivity index (χ4v) is 2.59. The molecule has 3 rings (SSSR count). The number of oxazole rings is 1. The summed E-state index contributed by atoms with van der Waals surface area (Å²) in [7, 11) is 1.61. The van der Waals surface area contributed by atoms with E-state index in [-0.39, 0.29) is 12.3 Å². The highest BCUT2D eigenvalue weighted by atomic mass is 16.5. The fourth-order valence-electron chi connectivity index (χ4n) is 2.59. The third kappa shape index (κ3) is 4.88. The van der Waals surface area contributed by atoms with E-state index in [4.69, 9.17) is 18.6 Å². The smallest absolute Gasteiger partial charge is 0.236 e. The Morgan fingerprint density at radius 2 is 1.96 bits per heavy atom. The predicted molar refractivity (Wildman–Crippen MR) is 94.3 cm³/mol. The fraction of sp³-hybridized carbons (Fsp3) is 0.444. The Kier molecular flexibility index (Phi) is 6.30. The van der Waals surface area contributed by atoms with Gasteiger partial charge < -0.3 is 23.9 Å². The topological polar surface area (TPSA) is 92.8 Å². The Hall–Kier alpha value is -2.76. The van der Waals surface area contributed by atoms with Crippen molar-refractivity contribution in [2.45, 2.75) is 6.61 Å². The molecule has 0 bridgehead atoms. The van der Waals surface area contributed by atoms with Crippen LogP contribution in [0.5, 0.6) is 11.5 Å². The monoisotopic (exact) mass is 358 g/mol. The highest BCUT2D eigenvalue weighted by molar-refractivity contribution is 5.45. The van der Waals surface area contributed by atoms with E-state index >= 15 is 0 Å². The zero-order valence-electron chi connectivity index (χ0n) is 14.7. The maximum atomic E-state index is 9.23. The van der Waals surface area contributed by atoms with Gasteiger partial charge in [-0.2, -0.15) is 10.2 Å². The van der Waals surface area contributed by atoms with Crippen molar-refractivity contribution in [1.82, 2.24) is 9.88 Å². The van der Waals surface area contributed by atoms with Crippen LogP contribution in [0, 0.1) is 11.3 Å². The second-order valence-corrected chi connectivity index (χ2v) is 5.74. The first-order valence-electron chi connectivity index (χ1n) is 8.49. The lowest BCUT2D eigenvalue weighted by Gasteiger charge is -2.26. The molecule has 26 heavy (non-hydrogen) atoms. The molecule has 2 aromatic rings. The summed E-state index contributed by atoms with van der Waals surface area (Å²) < 4.78 is 21.7. The molecule has 1 aromatic heterocycles. The molecule has 0 spiro atoms. The number of aromatic nitrogens is 1. The van der Waals surface area contributed by atoms with E-state index < -0.39 is 0 Å². The van der Waals surface area contributed by atoms with E-state index in [0.29, 0.717) is 24.1 Å². The van der Waals surface area contributed by atoms with Crippen LogP contribution in [-0.4, -0.2) is 56.4 Å². The van der Waals surface area contributed by atoms with Gasteiger partial charge in [0, 0.05) is 26.2 Å². The second kappa shape index (κ2) is 9.08. The molecule has 8 heteroatoms. The number of nitrogens with zero attached hydrogens (tertiary/aromatic N) is 3. The lowest BCUT2D eigenvalue weighted by Crippen LogP contribution is -2.39. The van der Waals surface area contributed by atoms with Crippen molar-refractivity contribution in [2.24, 2.45) is 0 Å². The first kappa shape index (κ1) is 18.0. The van der Waals surface area contributed by atoms with Crippen LogP contribution in [0.1, 0.15) is 11.6 Å². The van der Waals surface area contributed by atoms with E-state index in [1.165, 1.54) is 0 Å².